The van der Waals surface area contributed by atoms with E-state index in [0.717, 1.165) is 18.6 Å². The molecule has 0 bridgehead atoms. The lowest BCUT2D eigenvalue weighted by atomic mass is 9.90. The zero-order chi connectivity index (χ0) is 10.5. The smallest absolute Gasteiger partial charge is 0.168 e. The molecule has 0 saturated carbocycles. The van der Waals surface area contributed by atoms with Gasteiger partial charge in [-0.3, -0.25) is 0 Å². The predicted octanol–water partition coefficient (Wildman–Crippen LogP) is 2.68. The van der Waals surface area contributed by atoms with Crippen LogP contribution >= 0.6 is 0 Å². The van der Waals surface area contributed by atoms with E-state index in [1.165, 1.54) is 23.1 Å². The van der Waals surface area contributed by atoms with Crippen LogP contribution in [0.2, 0.25) is 0 Å². The van der Waals surface area contributed by atoms with Gasteiger partial charge in [-0.15, -0.1) is 0 Å². The van der Waals surface area contributed by atoms with Crippen LogP contribution in [0.4, 0.5) is 0 Å². The molecular formula is C13H16O2. The standard InChI is InChI=1S/C13H16O2/c1-13(2)7-10-5-9-3-4-14-15-12(9)6-11(10)8-13/h5-6H,3-4,7-8H2,1-2H3. The molecule has 1 heterocycles. The molecule has 0 atom stereocenters. The molecule has 15 heavy (non-hydrogen) atoms. The Kier molecular flexibility index (Phi) is 1.84. The van der Waals surface area contributed by atoms with Crippen molar-refractivity contribution in [3.8, 4) is 5.75 Å². The summed E-state index contributed by atoms with van der Waals surface area (Å²) in [5, 5.41) is 0. The molecular weight excluding hydrogens is 188 g/mol. The molecule has 0 spiro atoms. The van der Waals surface area contributed by atoms with Gasteiger partial charge in [-0.2, -0.15) is 4.89 Å². The van der Waals surface area contributed by atoms with E-state index in [2.05, 4.69) is 26.0 Å². The minimum Gasteiger partial charge on any atom is -0.337 e. The van der Waals surface area contributed by atoms with Crippen molar-refractivity contribution in [2.45, 2.75) is 33.1 Å². The number of hydrogen-bond donors (Lipinski definition) is 0. The highest BCUT2D eigenvalue weighted by Gasteiger charge is 2.30. The van der Waals surface area contributed by atoms with Gasteiger partial charge in [-0.05, 0) is 35.4 Å². The summed E-state index contributed by atoms with van der Waals surface area (Å²) in [5.74, 6) is 0.928. The maximum absolute atomic E-state index is 5.22. The van der Waals surface area contributed by atoms with Crippen molar-refractivity contribution in [1.82, 2.24) is 0 Å². The van der Waals surface area contributed by atoms with E-state index in [0.29, 0.717) is 12.0 Å². The maximum Gasteiger partial charge on any atom is 0.168 e. The minimum atomic E-state index is 0.410. The summed E-state index contributed by atoms with van der Waals surface area (Å²) in [6, 6.07) is 4.47. The molecule has 1 aliphatic carbocycles. The molecule has 0 fully saturated rings. The van der Waals surface area contributed by atoms with Crippen LogP contribution in [-0.4, -0.2) is 6.61 Å². The number of benzene rings is 1. The molecule has 0 unspecified atom stereocenters. The molecule has 2 nitrogen and oxygen atoms in total. The van der Waals surface area contributed by atoms with Gasteiger partial charge in [0.2, 0.25) is 0 Å². The molecule has 0 radical (unpaired) electrons. The van der Waals surface area contributed by atoms with E-state index in [1.807, 2.05) is 0 Å². The van der Waals surface area contributed by atoms with E-state index < -0.39 is 0 Å². The first kappa shape index (κ1) is 9.22. The average molecular weight is 204 g/mol. The van der Waals surface area contributed by atoms with Crippen LogP contribution in [-0.2, 0) is 24.2 Å². The van der Waals surface area contributed by atoms with Gasteiger partial charge in [0.15, 0.2) is 5.75 Å². The van der Waals surface area contributed by atoms with Crippen LogP contribution in [0.15, 0.2) is 12.1 Å². The van der Waals surface area contributed by atoms with Gasteiger partial charge in [0.1, 0.15) is 0 Å². The van der Waals surface area contributed by atoms with Gasteiger partial charge >= 0.3 is 0 Å². The fourth-order valence-corrected chi connectivity index (χ4v) is 2.67. The monoisotopic (exact) mass is 204 g/mol. The molecule has 80 valence electrons. The summed E-state index contributed by atoms with van der Waals surface area (Å²) in [7, 11) is 0. The summed E-state index contributed by atoms with van der Waals surface area (Å²) in [6.07, 6.45) is 3.32. The van der Waals surface area contributed by atoms with Gasteiger partial charge in [-0.1, -0.05) is 19.9 Å². The summed E-state index contributed by atoms with van der Waals surface area (Å²) in [5.41, 5.74) is 4.65. The van der Waals surface area contributed by atoms with E-state index in [1.54, 1.807) is 0 Å². The Morgan fingerprint density at radius 2 is 1.80 bits per heavy atom. The summed E-state index contributed by atoms with van der Waals surface area (Å²) >= 11 is 0. The Morgan fingerprint density at radius 3 is 2.60 bits per heavy atom. The first-order valence-electron chi connectivity index (χ1n) is 5.58. The van der Waals surface area contributed by atoms with Crippen LogP contribution in [0.25, 0.3) is 0 Å². The van der Waals surface area contributed by atoms with Gasteiger partial charge in [0.05, 0.1) is 6.61 Å². The second kappa shape index (κ2) is 2.99. The Morgan fingerprint density at radius 1 is 1.07 bits per heavy atom. The van der Waals surface area contributed by atoms with Crippen LogP contribution in [0.1, 0.15) is 30.5 Å². The van der Waals surface area contributed by atoms with Crippen LogP contribution in [0, 0.1) is 5.41 Å². The second-order valence-electron chi connectivity index (χ2n) is 5.40. The molecule has 3 rings (SSSR count). The summed E-state index contributed by atoms with van der Waals surface area (Å²) in [4.78, 5) is 10.2. The fourth-order valence-electron chi connectivity index (χ4n) is 2.67. The third-order valence-corrected chi connectivity index (χ3v) is 3.32. The summed E-state index contributed by atoms with van der Waals surface area (Å²) < 4.78 is 0. The molecule has 2 aliphatic rings. The number of rotatable bonds is 0. The zero-order valence-corrected chi connectivity index (χ0v) is 9.30. The van der Waals surface area contributed by atoms with Crippen molar-refractivity contribution in [1.29, 1.82) is 0 Å². The first-order chi connectivity index (χ1) is 7.14. The number of fused-ring (bicyclic) bond motifs is 2. The topological polar surface area (TPSA) is 18.5 Å². The van der Waals surface area contributed by atoms with Crippen molar-refractivity contribution in [2.75, 3.05) is 6.61 Å². The quantitative estimate of drug-likeness (QED) is 0.605. The summed E-state index contributed by atoms with van der Waals surface area (Å²) in [6.45, 7) is 5.32. The average Bonchev–Trinajstić information content (AvgIpc) is 2.46. The maximum atomic E-state index is 5.22. The largest absolute Gasteiger partial charge is 0.337 e. The van der Waals surface area contributed by atoms with Gasteiger partial charge in [0, 0.05) is 12.0 Å². The molecule has 1 aromatic carbocycles. The lowest BCUT2D eigenvalue weighted by Gasteiger charge is -2.16. The lowest BCUT2D eigenvalue weighted by Crippen LogP contribution is -2.11. The zero-order valence-electron chi connectivity index (χ0n) is 9.30. The van der Waals surface area contributed by atoms with Crippen molar-refractivity contribution in [3.63, 3.8) is 0 Å². The first-order valence-corrected chi connectivity index (χ1v) is 5.58. The molecule has 0 amide bonds. The SMILES string of the molecule is CC1(C)Cc2cc3c(cc2C1)OOCC3. The van der Waals surface area contributed by atoms with Crippen molar-refractivity contribution < 1.29 is 9.78 Å². The Bertz CT molecular complexity index is 370. The lowest BCUT2D eigenvalue weighted by molar-refractivity contribution is -0.215. The van der Waals surface area contributed by atoms with Gasteiger partial charge in [-0.25, -0.2) is 0 Å². The Balaban J connectivity index is 2.05. The van der Waals surface area contributed by atoms with E-state index in [4.69, 9.17) is 9.78 Å². The van der Waals surface area contributed by atoms with Crippen molar-refractivity contribution in [2.24, 2.45) is 5.41 Å². The van der Waals surface area contributed by atoms with Crippen molar-refractivity contribution >= 4 is 0 Å². The van der Waals surface area contributed by atoms with Crippen LogP contribution in [0.5, 0.6) is 5.75 Å². The molecule has 0 N–H and O–H groups in total. The predicted molar refractivity (Wildman–Crippen MR) is 57.9 cm³/mol. The Hall–Kier alpha value is -1.02. The van der Waals surface area contributed by atoms with E-state index >= 15 is 0 Å². The van der Waals surface area contributed by atoms with Gasteiger partial charge in [0.25, 0.3) is 0 Å². The molecule has 0 aromatic heterocycles. The fraction of sp³-hybridized carbons (Fsp3) is 0.538. The highest BCUT2D eigenvalue weighted by molar-refractivity contribution is 5.46. The molecule has 1 aromatic rings. The minimum absolute atomic E-state index is 0.410. The second-order valence-corrected chi connectivity index (χ2v) is 5.40. The van der Waals surface area contributed by atoms with Gasteiger partial charge < -0.3 is 4.89 Å². The highest BCUT2D eigenvalue weighted by atomic mass is 17.2. The van der Waals surface area contributed by atoms with Crippen molar-refractivity contribution in [3.05, 3.63) is 28.8 Å². The van der Waals surface area contributed by atoms with E-state index in [9.17, 15) is 0 Å². The highest BCUT2D eigenvalue weighted by Crippen LogP contribution is 2.39. The molecule has 0 saturated heterocycles. The normalized spacial score (nSPS) is 21.7. The number of hydrogen-bond acceptors (Lipinski definition) is 2. The Labute approximate surface area is 90.1 Å². The molecule has 2 heteroatoms. The molecule has 1 aliphatic heterocycles. The third kappa shape index (κ3) is 1.53. The van der Waals surface area contributed by atoms with Crippen LogP contribution in [0.3, 0.4) is 0 Å². The third-order valence-electron chi connectivity index (χ3n) is 3.32. The van der Waals surface area contributed by atoms with Crippen LogP contribution < -0.4 is 4.89 Å². The van der Waals surface area contributed by atoms with E-state index in [-0.39, 0.29) is 0 Å².